The maximum absolute atomic E-state index is 12.9. The molecule has 33 heavy (non-hydrogen) atoms. The van der Waals surface area contributed by atoms with Crippen LogP contribution in [-0.4, -0.2) is 19.5 Å². The van der Waals surface area contributed by atoms with Gasteiger partial charge in [0.15, 0.2) is 5.82 Å². The van der Waals surface area contributed by atoms with Crippen LogP contribution in [0.25, 0.3) is 0 Å². The highest BCUT2D eigenvalue weighted by Crippen LogP contribution is 2.20. The van der Waals surface area contributed by atoms with Crippen molar-refractivity contribution in [2.75, 3.05) is 10.0 Å². The van der Waals surface area contributed by atoms with Crippen LogP contribution in [0.15, 0.2) is 94.3 Å². The fraction of sp³-hybridized carbons (Fsp3) is 0.120. The first-order chi connectivity index (χ1) is 15.9. The van der Waals surface area contributed by atoms with Crippen molar-refractivity contribution < 1.29 is 17.7 Å². The van der Waals surface area contributed by atoms with Crippen molar-refractivity contribution in [3.8, 4) is 0 Å². The number of benzene rings is 3. The van der Waals surface area contributed by atoms with E-state index in [1.165, 1.54) is 23.8 Å². The second kappa shape index (κ2) is 9.70. The molecule has 3 aromatic carbocycles. The fourth-order valence-electron chi connectivity index (χ4n) is 3.41. The molecule has 0 radical (unpaired) electrons. The van der Waals surface area contributed by atoms with Crippen LogP contribution in [0.1, 0.15) is 27.2 Å². The zero-order valence-corrected chi connectivity index (χ0v) is 18.8. The molecule has 0 fully saturated rings. The smallest absolute Gasteiger partial charge is 0.263 e. The van der Waals surface area contributed by atoms with Crippen molar-refractivity contribution in [2.45, 2.75) is 24.7 Å². The lowest BCUT2D eigenvalue weighted by Crippen LogP contribution is -2.15. The van der Waals surface area contributed by atoms with Gasteiger partial charge in [-0.05, 0) is 61.2 Å². The third-order valence-electron chi connectivity index (χ3n) is 5.08. The molecule has 0 aliphatic rings. The molecule has 1 aromatic heterocycles. The normalized spacial score (nSPS) is 11.2. The second-order valence-electron chi connectivity index (χ2n) is 7.55. The van der Waals surface area contributed by atoms with Gasteiger partial charge in [-0.15, -0.1) is 0 Å². The Balaban J connectivity index is 1.44. The van der Waals surface area contributed by atoms with Gasteiger partial charge >= 0.3 is 0 Å². The highest BCUT2D eigenvalue weighted by Gasteiger charge is 2.17. The predicted molar refractivity (Wildman–Crippen MR) is 127 cm³/mol. The van der Waals surface area contributed by atoms with Crippen molar-refractivity contribution >= 4 is 27.4 Å². The lowest BCUT2D eigenvalue weighted by atomic mass is 9.99. The largest absolute Gasteiger partial charge is 0.360 e. The second-order valence-corrected chi connectivity index (χ2v) is 9.23. The van der Waals surface area contributed by atoms with Crippen molar-refractivity contribution in [2.24, 2.45) is 0 Å². The highest BCUT2D eigenvalue weighted by atomic mass is 32.2. The van der Waals surface area contributed by atoms with E-state index in [-0.39, 0.29) is 16.6 Å². The van der Waals surface area contributed by atoms with E-state index in [2.05, 4.69) is 27.3 Å². The Hall–Kier alpha value is -3.91. The number of sulfonamides is 1. The molecule has 0 aliphatic heterocycles. The molecule has 7 nitrogen and oxygen atoms in total. The molecule has 0 atom stereocenters. The van der Waals surface area contributed by atoms with E-state index >= 15 is 0 Å². The lowest BCUT2D eigenvalue weighted by Gasteiger charge is -2.11. The maximum Gasteiger partial charge on any atom is 0.263 e. The first-order valence-electron chi connectivity index (χ1n) is 10.4. The van der Waals surface area contributed by atoms with Gasteiger partial charge in [0.05, 0.1) is 4.90 Å². The molecule has 0 saturated heterocycles. The van der Waals surface area contributed by atoms with Crippen molar-refractivity contribution in [1.82, 2.24) is 5.16 Å². The van der Waals surface area contributed by atoms with Gasteiger partial charge in [-0.2, -0.15) is 0 Å². The van der Waals surface area contributed by atoms with Crippen molar-refractivity contribution in [3.63, 3.8) is 0 Å². The topological polar surface area (TPSA) is 101 Å². The summed E-state index contributed by atoms with van der Waals surface area (Å²) in [5.74, 6) is 0.359. The van der Waals surface area contributed by atoms with E-state index in [9.17, 15) is 13.2 Å². The molecular formula is C25H23N3O4S. The third kappa shape index (κ3) is 5.67. The molecule has 0 aliphatic carbocycles. The number of nitrogens with zero attached hydrogens (tertiary/aromatic N) is 1. The van der Waals surface area contributed by atoms with Gasteiger partial charge in [0.25, 0.3) is 15.9 Å². The summed E-state index contributed by atoms with van der Waals surface area (Å²) < 4.78 is 32.3. The van der Waals surface area contributed by atoms with Crippen LogP contribution in [0.5, 0.6) is 0 Å². The number of aromatic nitrogens is 1. The molecule has 0 unspecified atom stereocenters. The summed E-state index contributed by atoms with van der Waals surface area (Å²) in [5.41, 5.74) is 3.24. The van der Waals surface area contributed by atoms with Gasteiger partial charge < -0.3 is 9.84 Å². The van der Waals surface area contributed by atoms with Gasteiger partial charge in [-0.1, -0.05) is 53.7 Å². The summed E-state index contributed by atoms with van der Waals surface area (Å²) in [4.78, 5) is 13.0. The monoisotopic (exact) mass is 461 g/mol. The van der Waals surface area contributed by atoms with Crippen LogP contribution in [0.2, 0.25) is 0 Å². The Morgan fingerprint density at radius 1 is 0.909 bits per heavy atom. The Morgan fingerprint density at radius 2 is 1.61 bits per heavy atom. The summed E-state index contributed by atoms with van der Waals surface area (Å²) >= 11 is 0. The molecule has 0 saturated carbocycles. The zero-order valence-electron chi connectivity index (χ0n) is 18.0. The first kappa shape index (κ1) is 22.3. The first-order valence-corrected chi connectivity index (χ1v) is 11.9. The average Bonchev–Trinajstić information content (AvgIpc) is 3.22. The Labute approximate surface area is 192 Å². The highest BCUT2D eigenvalue weighted by molar-refractivity contribution is 7.92. The summed E-state index contributed by atoms with van der Waals surface area (Å²) in [6, 6.07) is 25.0. The molecule has 4 rings (SSSR count). The molecular weight excluding hydrogens is 438 g/mol. The molecule has 1 heterocycles. The predicted octanol–water partition coefficient (Wildman–Crippen LogP) is 4.82. The third-order valence-corrected chi connectivity index (χ3v) is 6.45. The number of carbonyl (C=O) groups excluding carboxylic acids is 1. The van der Waals surface area contributed by atoms with Crippen LogP contribution >= 0.6 is 0 Å². The van der Waals surface area contributed by atoms with Gasteiger partial charge in [-0.3, -0.25) is 9.52 Å². The number of carbonyl (C=O) groups is 1. The molecule has 4 aromatic rings. The zero-order chi connectivity index (χ0) is 23.3. The minimum absolute atomic E-state index is 0.0458. The summed E-state index contributed by atoms with van der Waals surface area (Å²) in [5, 5.41) is 6.48. The number of rotatable bonds is 8. The Kier molecular flexibility index (Phi) is 6.55. The van der Waals surface area contributed by atoms with Gasteiger partial charge in [-0.25, -0.2) is 8.42 Å². The van der Waals surface area contributed by atoms with Crippen LogP contribution < -0.4 is 10.0 Å². The number of anilines is 2. The van der Waals surface area contributed by atoms with Crippen molar-refractivity contribution in [3.05, 3.63) is 107 Å². The minimum atomic E-state index is -3.82. The van der Waals surface area contributed by atoms with E-state index in [0.717, 1.165) is 18.4 Å². The van der Waals surface area contributed by atoms with E-state index in [0.29, 0.717) is 17.0 Å². The maximum atomic E-state index is 12.9. The van der Waals surface area contributed by atoms with Gasteiger partial charge in [0.2, 0.25) is 0 Å². The standard InChI is InChI=1S/C25H23N3O4S/c1-18-17-24(27-32-18)28-33(30,31)22-15-13-21(14-16-22)26-25(29)23-10-6-5-9-20(23)12-11-19-7-3-2-4-8-19/h2-10,13-17H,11-12H2,1H3,(H,26,29)(H,27,28). The number of nitrogens with one attached hydrogen (secondary N) is 2. The van der Waals surface area contributed by atoms with E-state index in [4.69, 9.17) is 4.52 Å². The quantitative estimate of drug-likeness (QED) is 0.392. The SMILES string of the molecule is Cc1cc(NS(=O)(=O)c2ccc(NC(=O)c3ccccc3CCc3ccccc3)cc2)no1. The Morgan fingerprint density at radius 3 is 2.30 bits per heavy atom. The van der Waals surface area contributed by atoms with Crippen LogP contribution in [0.4, 0.5) is 11.5 Å². The minimum Gasteiger partial charge on any atom is -0.360 e. The van der Waals surface area contributed by atoms with E-state index < -0.39 is 10.0 Å². The summed E-state index contributed by atoms with van der Waals surface area (Å²) in [6.45, 7) is 1.67. The molecule has 0 bridgehead atoms. The molecule has 0 spiro atoms. The molecule has 1 amide bonds. The Bertz CT molecular complexity index is 1350. The molecule has 2 N–H and O–H groups in total. The van der Waals surface area contributed by atoms with Gasteiger partial charge in [0, 0.05) is 17.3 Å². The summed E-state index contributed by atoms with van der Waals surface area (Å²) in [6.07, 6.45) is 1.56. The number of amides is 1. The lowest BCUT2D eigenvalue weighted by molar-refractivity contribution is 0.102. The van der Waals surface area contributed by atoms with E-state index in [1.807, 2.05) is 36.4 Å². The molecule has 8 heteroatoms. The number of hydrogen-bond donors (Lipinski definition) is 2. The molecule has 168 valence electrons. The number of hydrogen-bond acceptors (Lipinski definition) is 5. The van der Waals surface area contributed by atoms with Gasteiger partial charge in [0.1, 0.15) is 5.76 Å². The fourth-order valence-corrected chi connectivity index (χ4v) is 4.39. The van der Waals surface area contributed by atoms with Crippen LogP contribution in [0, 0.1) is 6.92 Å². The van der Waals surface area contributed by atoms with Crippen LogP contribution in [-0.2, 0) is 22.9 Å². The van der Waals surface area contributed by atoms with Crippen molar-refractivity contribution in [1.29, 1.82) is 0 Å². The summed E-state index contributed by atoms with van der Waals surface area (Å²) in [7, 11) is -3.82. The number of aryl methyl sites for hydroxylation is 3. The van der Waals surface area contributed by atoms with Crippen LogP contribution in [0.3, 0.4) is 0 Å². The van der Waals surface area contributed by atoms with E-state index in [1.54, 1.807) is 25.1 Å². The average molecular weight is 462 g/mol.